The van der Waals surface area contributed by atoms with Crippen LogP contribution in [0, 0.1) is 11.8 Å². The number of urea groups is 1. The average Bonchev–Trinajstić information content (AvgIpc) is 3.31. The van der Waals surface area contributed by atoms with Crippen LogP contribution in [-0.4, -0.2) is 42.6 Å². The molecule has 0 fully saturated rings. The number of carbonyl (C=O) groups is 1. The van der Waals surface area contributed by atoms with Crippen molar-refractivity contribution >= 4 is 17.5 Å². The van der Waals surface area contributed by atoms with Crippen LogP contribution in [0.2, 0.25) is 0 Å². The van der Waals surface area contributed by atoms with Gasteiger partial charge in [0.05, 0.1) is 13.2 Å². The maximum Gasteiger partial charge on any atom is 0.324 e. The third-order valence-electron chi connectivity index (χ3n) is 4.89. The van der Waals surface area contributed by atoms with Gasteiger partial charge >= 0.3 is 6.03 Å². The molecule has 0 aliphatic rings. The lowest BCUT2D eigenvalue weighted by atomic mass is 9.93. The zero-order valence-corrected chi connectivity index (χ0v) is 20.4. The third kappa shape index (κ3) is 8.81. The number of anilines is 2. The lowest BCUT2D eigenvalue weighted by Crippen LogP contribution is -2.20. The van der Waals surface area contributed by atoms with Gasteiger partial charge < -0.3 is 25.0 Å². The first-order chi connectivity index (χ1) is 16.8. The molecule has 184 valence electrons. The van der Waals surface area contributed by atoms with Crippen molar-refractivity contribution in [3.05, 3.63) is 71.5 Å². The van der Waals surface area contributed by atoms with Gasteiger partial charge in [-0.15, -0.1) is 0 Å². The minimum atomic E-state index is -0.402. The Morgan fingerprint density at radius 2 is 1.66 bits per heavy atom. The fourth-order valence-corrected chi connectivity index (χ4v) is 2.97. The number of ether oxygens (including phenoxy) is 1. The monoisotopic (exact) mass is 476 g/mol. The van der Waals surface area contributed by atoms with Gasteiger partial charge in [0.2, 0.25) is 0 Å². The molecule has 0 aliphatic carbocycles. The van der Waals surface area contributed by atoms with Crippen LogP contribution in [0.3, 0.4) is 0 Å². The number of carbonyl (C=O) groups excluding carboxylic acids is 1. The quantitative estimate of drug-likeness (QED) is 0.270. The molecule has 3 rings (SSSR count). The smallest absolute Gasteiger partial charge is 0.324 e. The molecule has 4 N–H and O–H groups in total. The predicted molar refractivity (Wildman–Crippen MR) is 137 cm³/mol. The first-order valence-electron chi connectivity index (χ1n) is 11.6. The summed E-state index contributed by atoms with van der Waals surface area (Å²) < 4.78 is 11.0. The first-order valence-corrected chi connectivity index (χ1v) is 11.6. The molecule has 8 heteroatoms. The summed E-state index contributed by atoms with van der Waals surface area (Å²) in [6, 6.07) is 16.2. The van der Waals surface area contributed by atoms with Gasteiger partial charge in [0.15, 0.2) is 5.82 Å². The van der Waals surface area contributed by atoms with Crippen molar-refractivity contribution in [2.75, 3.05) is 36.9 Å². The van der Waals surface area contributed by atoms with E-state index in [1.54, 1.807) is 18.2 Å². The summed E-state index contributed by atoms with van der Waals surface area (Å²) in [4.78, 5) is 12.2. The van der Waals surface area contributed by atoms with Crippen molar-refractivity contribution in [3.63, 3.8) is 0 Å². The molecule has 35 heavy (non-hydrogen) atoms. The Bertz CT molecular complexity index is 1140. The summed E-state index contributed by atoms with van der Waals surface area (Å²) in [6.07, 6.45) is 0.867. The molecule has 0 radical (unpaired) electrons. The number of aliphatic hydroxyl groups is 1. The van der Waals surface area contributed by atoms with Crippen LogP contribution in [0.1, 0.15) is 44.1 Å². The molecular weight excluding hydrogens is 444 g/mol. The maximum atomic E-state index is 12.2. The number of hydrogen-bond donors (Lipinski definition) is 4. The van der Waals surface area contributed by atoms with Crippen LogP contribution in [0.25, 0.3) is 0 Å². The van der Waals surface area contributed by atoms with E-state index in [1.165, 1.54) is 0 Å². The maximum absolute atomic E-state index is 12.2. The number of nitrogens with one attached hydrogen (secondary N) is 3. The van der Waals surface area contributed by atoms with Gasteiger partial charge in [-0.25, -0.2) is 4.79 Å². The number of aromatic nitrogens is 1. The lowest BCUT2D eigenvalue weighted by Gasteiger charge is -2.12. The number of hydrogen-bond acceptors (Lipinski definition) is 6. The zero-order chi connectivity index (χ0) is 25.1. The van der Waals surface area contributed by atoms with Crippen LogP contribution in [0.5, 0.6) is 5.75 Å². The molecule has 2 amide bonds. The fraction of sp³-hybridized carbons (Fsp3) is 0.333. The van der Waals surface area contributed by atoms with E-state index in [2.05, 4.69) is 32.9 Å². The summed E-state index contributed by atoms with van der Waals surface area (Å²) in [5, 5.41) is 21.2. The topological polar surface area (TPSA) is 109 Å². The Morgan fingerprint density at radius 1 is 1.00 bits per heavy atom. The molecule has 3 aromatic rings. The number of benzene rings is 2. The van der Waals surface area contributed by atoms with Gasteiger partial charge in [-0.3, -0.25) is 5.32 Å². The van der Waals surface area contributed by atoms with Crippen molar-refractivity contribution in [2.24, 2.45) is 0 Å². The summed E-state index contributed by atoms with van der Waals surface area (Å²) in [5.74, 6) is 8.10. The predicted octanol–water partition coefficient (Wildman–Crippen LogP) is 4.37. The minimum absolute atomic E-state index is 0.144. The molecule has 1 aromatic heterocycles. The van der Waals surface area contributed by atoms with E-state index in [4.69, 9.17) is 14.4 Å². The van der Waals surface area contributed by atoms with E-state index in [-0.39, 0.29) is 12.0 Å². The zero-order valence-electron chi connectivity index (χ0n) is 20.4. The number of rotatable bonds is 9. The van der Waals surface area contributed by atoms with Crippen LogP contribution in [-0.2, 0) is 5.41 Å². The standard InChI is InChI=1S/C27H32N4O4/c1-27(2,3)24-19-25(31-35-24)30-26(33)29-22-11-7-20(8-12-22)5-6-21-9-13-23(14-10-21)34-18-4-15-28-16-17-32/h7-14,19,28,32H,4,15-18H2,1-3H3,(H2,29,30,31,33). The highest BCUT2D eigenvalue weighted by molar-refractivity contribution is 5.99. The molecule has 2 aromatic carbocycles. The molecule has 0 unspecified atom stereocenters. The second-order valence-corrected chi connectivity index (χ2v) is 8.93. The SMILES string of the molecule is CC(C)(C)c1cc(NC(=O)Nc2ccc(C#Cc3ccc(OCCCNCCO)cc3)cc2)no1. The van der Waals surface area contributed by atoms with E-state index in [1.807, 2.05) is 57.2 Å². The van der Waals surface area contributed by atoms with Gasteiger partial charge in [-0.2, -0.15) is 0 Å². The molecule has 0 saturated heterocycles. The first kappa shape index (κ1) is 25.8. The van der Waals surface area contributed by atoms with Crippen molar-refractivity contribution in [3.8, 4) is 17.6 Å². The second kappa shape index (κ2) is 12.6. The lowest BCUT2D eigenvalue weighted by molar-refractivity contribution is 0.262. The van der Waals surface area contributed by atoms with Crippen molar-refractivity contribution in [2.45, 2.75) is 32.6 Å². The van der Waals surface area contributed by atoms with Gasteiger partial charge in [0.25, 0.3) is 0 Å². The largest absolute Gasteiger partial charge is 0.494 e. The highest BCUT2D eigenvalue weighted by atomic mass is 16.5. The fourth-order valence-electron chi connectivity index (χ4n) is 2.97. The van der Waals surface area contributed by atoms with Crippen LogP contribution >= 0.6 is 0 Å². The van der Waals surface area contributed by atoms with Gasteiger partial charge in [0, 0.05) is 34.8 Å². The molecule has 0 spiro atoms. The van der Waals surface area contributed by atoms with Crippen LogP contribution in [0.15, 0.2) is 59.1 Å². The molecule has 0 aliphatic heterocycles. The third-order valence-corrected chi connectivity index (χ3v) is 4.89. The Morgan fingerprint density at radius 3 is 2.26 bits per heavy atom. The Kier molecular flexibility index (Phi) is 9.30. The van der Waals surface area contributed by atoms with Gasteiger partial charge in [0.1, 0.15) is 11.5 Å². The molecular formula is C27H32N4O4. The average molecular weight is 477 g/mol. The Labute approximate surface area is 206 Å². The Hall–Kier alpha value is -3.80. The summed E-state index contributed by atoms with van der Waals surface area (Å²) in [5.41, 5.74) is 2.17. The molecule has 8 nitrogen and oxygen atoms in total. The van der Waals surface area contributed by atoms with Crippen LogP contribution < -0.4 is 20.7 Å². The number of nitrogens with zero attached hydrogens (tertiary/aromatic N) is 1. The molecule has 1 heterocycles. The van der Waals surface area contributed by atoms with E-state index in [9.17, 15) is 4.79 Å². The summed E-state index contributed by atoms with van der Waals surface area (Å²) in [7, 11) is 0. The minimum Gasteiger partial charge on any atom is -0.494 e. The van der Waals surface area contributed by atoms with E-state index < -0.39 is 6.03 Å². The number of aliphatic hydroxyl groups excluding tert-OH is 1. The van der Waals surface area contributed by atoms with Crippen molar-refractivity contribution in [1.29, 1.82) is 0 Å². The van der Waals surface area contributed by atoms with Crippen molar-refractivity contribution < 1.29 is 19.2 Å². The van der Waals surface area contributed by atoms with Crippen LogP contribution in [0.4, 0.5) is 16.3 Å². The highest BCUT2D eigenvalue weighted by Gasteiger charge is 2.20. The van der Waals surface area contributed by atoms with E-state index in [0.29, 0.717) is 30.4 Å². The molecule has 0 bridgehead atoms. The Balaban J connectivity index is 1.46. The summed E-state index contributed by atoms with van der Waals surface area (Å²) in [6.45, 7) is 8.19. The molecule has 0 atom stereocenters. The second-order valence-electron chi connectivity index (χ2n) is 8.93. The van der Waals surface area contributed by atoms with E-state index in [0.717, 1.165) is 29.8 Å². The number of amides is 2. The van der Waals surface area contributed by atoms with Gasteiger partial charge in [-0.05, 0) is 61.5 Å². The van der Waals surface area contributed by atoms with Gasteiger partial charge in [-0.1, -0.05) is 37.8 Å². The normalized spacial score (nSPS) is 10.9. The van der Waals surface area contributed by atoms with E-state index >= 15 is 0 Å². The highest BCUT2D eigenvalue weighted by Crippen LogP contribution is 2.24. The summed E-state index contributed by atoms with van der Waals surface area (Å²) >= 11 is 0. The van der Waals surface area contributed by atoms with Crippen molar-refractivity contribution in [1.82, 2.24) is 10.5 Å². The molecule has 0 saturated carbocycles.